The van der Waals surface area contributed by atoms with Crippen LogP contribution in [0.2, 0.25) is 0 Å². The van der Waals surface area contributed by atoms with E-state index in [9.17, 15) is 9.59 Å². The van der Waals surface area contributed by atoms with Gasteiger partial charge in [0.05, 0.1) is 21.6 Å². The Morgan fingerprint density at radius 1 is 1.06 bits per heavy atom. The van der Waals surface area contributed by atoms with Gasteiger partial charge in [-0.3, -0.25) is 14.5 Å². The highest BCUT2D eigenvalue weighted by Gasteiger charge is 2.34. The van der Waals surface area contributed by atoms with Crippen molar-refractivity contribution in [2.45, 2.75) is 6.61 Å². The van der Waals surface area contributed by atoms with E-state index >= 15 is 0 Å². The second-order valence-corrected chi connectivity index (χ2v) is 9.10. The predicted octanol–water partition coefficient (Wildman–Crippen LogP) is 5.71. The van der Waals surface area contributed by atoms with Gasteiger partial charge in [-0.25, -0.2) is 0 Å². The maximum absolute atomic E-state index is 12.5. The van der Waals surface area contributed by atoms with Gasteiger partial charge in [-0.2, -0.15) is 0 Å². The fourth-order valence-electron chi connectivity index (χ4n) is 3.32. The Morgan fingerprint density at radius 2 is 1.87 bits per heavy atom. The van der Waals surface area contributed by atoms with E-state index in [1.54, 1.807) is 13.2 Å². The molecule has 1 saturated heterocycles. The molecule has 1 aliphatic rings. The van der Waals surface area contributed by atoms with E-state index in [0.29, 0.717) is 18.1 Å². The number of hydrogen-bond donors (Lipinski definition) is 0. The Kier molecular flexibility index (Phi) is 6.94. The number of halogens is 1. The summed E-state index contributed by atoms with van der Waals surface area (Å²) in [6, 6.07) is 20.2. The third-order valence-electron chi connectivity index (χ3n) is 4.91. The van der Waals surface area contributed by atoms with E-state index in [2.05, 4.69) is 46.9 Å². The molecule has 1 fully saturated rings. The summed E-state index contributed by atoms with van der Waals surface area (Å²) in [6.07, 6.45) is 1.74. The monoisotopic (exact) mass is 545 g/mol. The molecule has 0 radical (unpaired) electrons. The first kappa shape index (κ1) is 21.9. The highest BCUT2D eigenvalue weighted by molar-refractivity contribution is 14.1. The number of hydrogen-bond acceptors (Lipinski definition) is 5. The van der Waals surface area contributed by atoms with Crippen molar-refractivity contribution >= 4 is 62.3 Å². The number of rotatable bonds is 7. The van der Waals surface area contributed by atoms with Gasteiger partial charge in [0.15, 0.2) is 0 Å². The molecule has 1 aliphatic heterocycles. The fourth-order valence-corrected chi connectivity index (χ4v) is 4.88. The van der Waals surface area contributed by atoms with Crippen molar-refractivity contribution in [2.24, 2.45) is 0 Å². The molecule has 0 bridgehead atoms. The summed E-state index contributed by atoms with van der Waals surface area (Å²) in [5.74, 6) is 0.497. The van der Waals surface area contributed by atoms with Gasteiger partial charge < -0.3 is 9.47 Å². The second kappa shape index (κ2) is 9.84. The molecule has 0 aliphatic carbocycles. The topological polar surface area (TPSA) is 55.8 Å². The predicted molar refractivity (Wildman–Crippen MR) is 132 cm³/mol. The molecular weight excluding hydrogens is 525 g/mol. The zero-order valence-corrected chi connectivity index (χ0v) is 19.8. The maximum Gasteiger partial charge on any atom is 0.293 e. The zero-order chi connectivity index (χ0) is 21.8. The van der Waals surface area contributed by atoms with Crippen molar-refractivity contribution in [3.05, 3.63) is 80.3 Å². The summed E-state index contributed by atoms with van der Waals surface area (Å²) >= 11 is 3.18. The minimum Gasteiger partial charge on any atom is -0.488 e. The van der Waals surface area contributed by atoms with Gasteiger partial charge in [-0.15, -0.1) is 0 Å². The second-order valence-electron chi connectivity index (χ2n) is 6.94. The zero-order valence-electron chi connectivity index (χ0n) is 16.8. The van der Waals surface area contributed by atoms with Gasteiger partial charge in [0.25, 0.3) is 11.1 Å². The molecule has 0 saturated carbocycles. The maximum atomic E-state index is 12.5. The van der Waals surface area contributed by atoms with E-state index in [1.807, 2.05) is 36.4 Å². The molecule has 0 spiro atoms. The third-order valence-corrected chi connectivity index (χ3v) is 6.66. The van der Waals surface area contributed by atoms with E-state index < -0.39 is 0 Å². The van der Waals surface area contributed by atoms with Crippen molar-refractivity contribution in [1.82, 2.24) is 4.90 Å². The molecule has 5 nitrogen and oxygen atoms in total. The van der Waals surface area contributed by atoms with Crippen LogP contribution in [0.4, 0.5) is 4.79 Å². The lowest BCUT2D eigenvalue weighted by atomic mass is 10.1. The molecule has 158 valence electrons. The van der Waals surface area contributed by atoms with Crippen LogP contribution in [-0.2, 0) is 16.1 Å². The van der Waals surface area contributed by atoms with Crippen LogP contribution in [0.25, 0.3) is 16.8 Å². The van der Waals surface area contributed by atoms with E-state index in [4.69, 9.17) is 9.47 Å². The van der Waals surface area contributed by atoms with Crippen LogP contribution in [0.3, 0.4) is 0 Å². The van der Waals surface area contributed by atoms with E-state index in [1.165, 1.54) is 15.7 Å². The van der Waals surface area contributed by atoms with Crippen LogP contribution in [-0.4, -0.2) is 36.3 Å². The summed E-state index contributed by atoms with van der Waals surface area (Å²) < 4.78 is 12.0. The molecule has 3 aromatic rings. The van der Waals surface area contributed by atoms with Gasteiger partial charge in [-0.1, -0.05) is 48.5 Å². The lowest BCUT2D eigenvalue weighted by Gasteiger charge is -2.11. The largest absolute Gasteiger partial charge is 0.488 e. The van der Waals surface area contributed by atoms with Crippen LogP contribution in [0.1, 0.15) is 11.1 Å². The molecule has 3 aromatic carbocycles. The number of nitrogens with zero attached hydrogens (tertiary/aromatic N) is 1. The molecule has 0 atom stereocenters. The lowest BCUT2D eigenvalue weighted by Crippen LogP contribution is -2.31. The molecule has 4 rings (SSSR count). The number of carbonyl (C=O) groups is 2. The van der Waals surface area contributed by atoms with Crippen molar-refractivity contribution in [2.75, 3.05) is 20.3 Å². The third kappa shape index (κ3) is 4.94. The van der Waals surface area contributed by atoms with Crippen molar-refractivity contribution < 1.29 is 19.1 Å². The summed E-state index contributed by atoms with van der Waals surface area (Å²) in [5, 5.41) is 2.10. The van der Waals surface area contributed by atoms with Crippen LogP contribution >= 0.6 is 34.4 Å². The van der Waals surface area contributed by atoms with Crippen LogP contribution in [0.5, 0.6) is 5.75 Å². The Balaban J connectivity index is 1.48. The number of thioether (sulfide) groups is 1. The van der Waals surface area contributed by atoms with Gasteiger partial charge in [0, 0.05) is 7.11 Å². The minimum atomic E-state index is -0.279. The van der Waals surface area contributed by atoms with Crippen LogP contribution < -0.4 is 4.74 Å². The quantitative estimate of drug-likeness (QED) is 0.282. The normalized spacial score (nSPS) is 15.3. The van der Waals surface area contributed by atoms with Gasteiger partial charge in [0.1, 0.15) is 12.4 Å². The highest BCUT2D eigenvalue weighted by Crippen LogP contribution is 2.33. The summed E-state index contributed by atoms with van der Waals surface area (Å²) in [6.45, 7) is 1.05. The van der Waals surface area contributed by atoms with Crippen LogP contribution in [0, 0.1) is 3.57 Å². The average molecular weight is 545 g/mol. The Morgan fingerprint density at radius 3 is 2.68 bits per heavy atom. The number of benzene rings is 3. The molecule has 0 unspecified atom stereocenters. The molecule has 2 amide bonds. The summed E-state index contributed by atoms with van der Waals surface area (Å²) in [7, 11) is 1.54. The molecule has 0 N–H and O–H groups in total. The molecule has 0 aromatic heterocycles. The van der Waals surface area contributed by atoms with E-state index in [-0.39, 0.29) is 17.7 Å². The number of imide groups is 1. The lowest BCUT2D eigenvalue weighted by molar-refractivity contribution is -0.123. The number of carbonyl (C=O) groups excluding carboxylic acids is 2. The molecule has 7 heteroatoms. The molecule has 31 heavy (non-hydrogen) atoms. The molecule has 1 heterocycles. The van der Waals surface area contributed by atoms with Gasteiger partial charge in [-0.05, 0) is 74.5 Å². The number of ether oxygens (including phenoxy) is 2. The standard InChI is InChI=1S/C24H20INO4S/c1-29-12-11-26-23(27)22(31-24(26)28)14-16-9-10-21(20(25)13-16)30-15-18-7-4-6-17-5-2-3-8-19(17)18/h2-10,13-14H,11-12,15H2,1H3/b22-14+. The Bertz CT molecular complexity index is 1170. The first-order valence-electron chi connectivity index (χ1n) is 9.70. The summed E-state index contributed by atoms with van der Waals surface area (Å²) in [5.41, 5.74) is 1.97. The van der Waals surface area contributed by atoms with Crippen molar-refractivity contribution in [3.8, 4) is 5.75 Å². The number of methoxy groups -OCH3 is 1. The highest BCUT2D eigenvalue weighted by atomic mass is 127. The molecular formula is C24H20INO4S. The first-order chi connectivity index (χ1) is 15.1. The summed E-state index contributed by atoms with van der Waals surface area (Å²) in [4.78, 5) is 26.2. The number of amides is 2. The minimum absolute atomic E-state index is 0.261. The van der Waals surface area contributed by atoms with Crippen molar-refractivity contribution in [3.63, 3.8) is 0 Å². The van der Waals surface area contributed by atoms with E-state index in [0.717, 1.165) is 32.2 Å². The smallest absolute Gasteiger partial charge is 0.293 e. The SMILES string of the molecule is COCCN1C(=O)S/C(=C/c2ccc(OCc3cccc4ccccc34)c(I)c2)C1=O. The average Bonchev–Trinajstić information content (AvgIpc) is 3.04. The Hall–Kier alpha value is -2.36. The van der Waals surface area contributed by atoms with Gasteiger partial charge >= 0.3 is 0 Å². The van der Waals surface area contributed by atoms with Gasteiger partial charge in [0.2, 0.25) is 0 Å². The van der Waals surface area contributed by atoms with Crippen molar-refractivity contribution in [1.29, 1.82) is 0 Å². The fraction of sp³-hybridized carbons (Fsp3) is 0.167. The number of fused-ring (bicyclic) bond motifs is 1. The van der Waals surface area contributed by atoms with Crippen LogP contribution in [0.15, 0.2) is 65.6 Å². The first-order valence-corrected chi connectivity index (χ1v) is 11.6. The Labute approximate surface area is 198 Å².